The van der Waals surface area contributed by atoms with E-state index in [1.807, 2.05) is 48.5 Å². The first kappa shape index (κ1) is 17.8. The Morgan fingerprint density at radius 3 is 2.58 bits per heavy atom. The summed E-state index contributed by atoms with van der Waals surface area (Å²) in [7, 11) is 1.62. The number of hydrogen-bond acceptors (Lipinski definition) is 2. The first-order valence-electron chi connectivity index (χ1n) is 8.48. The molecular formula is C22H24O2. The molecule has 0 unspecified atom stereocenters. The van der Waals surface area contributed by atoms with Crippen molar-refractivity contribution in [2.24, 2.45) is 0 Å². The zero-order valence-corrected chi connectivity index (χ0v) is 14.5. The standard InChI is InChI=1S/C22H24O2/c1-3-4-5-6-10-13-19-17-20(24-2)14-15-21(19)22(23)16-18-11-8-7-9-12-18/h7-9,11-12,14-15,17H,3-6,16H2,1-2H3. The molecule has 24 heavy (non-hydrogen) atoms. The Balaban J connectivity index is 2.19. The second kappa shape index (κ2) is 9.57. The molecule has 2 heteroatoms. The van der Waals surface area contributed by atoms with Crippen molar-refractivity contribution in [1.29, 1.82) is 0 Å². The third kappa shape index (κ3) is 5.28. The maximum absolute atomic E-state index is 12.7. The number of carbonyl (C=O) groups is 1. The smallest absolute Gasteiger partial charge is 0.168 e. The number of carbonyl (C=O) groups excluding carboxylic acids is 1. The van der Waals surface area contributed by atoms with Crippen LogP contribution in [0.5, 0.6) is 5.75 Å². The maximum Gasteiger partial charge on any atom is 0.168 e. The summed E-state index contributed by atoms with van der Waals surface area (Å²) in [5.74, 6) is 7.16. The van der Waals surface area contributed by atoms with Crippen LogP contribution in [0.25, 0.3) is 0 Å². The molecule has 0 atom stereocenters. The van der Waals surface area contributed by atoms with E-state index >= 15 is 0 Å². The first-order chi connectivity index (χ1) is 11.7. The lowest BCUT2D eigenvalue weighted by molar-refractivity contribution is 0.0992. The summed E-state index contributed by atoms with van der Waals surface area (Å²) in [6, 6.07) is 15.3. The van der Waals surface area contributed by atoms with Crippen molar-refractivity contribution in [2.45, 2.75) is 39.0 Å². The van der Waals surface area contributed by atoms with Crippen molar-refractivity contribution >= 4 is 5.78 Å². The van der Waals surface area contributed by atoms with E-state index in [-0.39, 0.29) is 5.78 Å². The maximum atomic E-state index is 12.7. The van der Waals surface area contributed by atoms with E-state index < -0.39 is 0 Å². The van der Waals surface area contributed by atoms with Gasteiger partial charge in [-0.3, -0.25) is 4.79 Å². The molecule has 0 aliphatic rings. The lowest BCUT2D eigenvalue weighted by atomic mass is 9.98. The summed E-state index contributed by atoms with van der Waals surface area (Å²) >= 11 is 0. The molecule has 0 fully saturated rings. The fourth-order valence-electron chi connectivity index (χ4n) is 2.49. The molecule has 0 amide bonds. The van der Waals surface area contributed by atoms with Crippen LogP contribution in [0.1, 0.15) is 54.1 Å². The van der Waals surface area contributed by atoms with Gasteiger partial charge in [-0.1, -0.05) is 61.9 Å². The SMILES string of the molecule is CCCCCC#Cc1cc(OC)ccc1C(=O)Cc1ccccc1. The van der Waals surface area contributed by atoms with Crippen LogP contribution in [0.4, 0.5) is 0 Å². The summed E-state index contributed by atoms with van der Waals surface area (Å²) in [6.45, 7) is 2.18. The molecule has 0 heterocycles. The van der Waals surface area contributed by atoms with Gasteiger partial charge in [0.1, 0.15) is 5.75 Å². The number of unbranched alkanes of at least 4 members (excludes halogenated alkanes) is 3. The van der Waals surface area contributed by atoms with Gasteiger partial charge in [0.2, 0.25) is 0 Å². The molecule has 0 bridgehead atoms. The normalized spacial score (nSPS) is 9.92. The Morgan fingerprint density at radius 2 is 1.88 bits per heavy atom. The molecule has 2 rings (SSSR count). The highest BCUT2D eigenvalue weighted by molar-refractivity contribution is 6.00. The molecule has 0 N–H and O–H groups in total. The highest BCUT2D eigenvalue weighted by atomic mass is 16.5. The number of methoxy groups -OCH3 is 1. The van der Waals surface area contributed by atoms with Crippen LogP contribution in [0, 0.1) is 11.8 Å². The molecule has 0 saturated heterocycles. The van der Waals surface area contributed by atoms with Crippen LogP contribution in [0.15, 0.2) is 48.5 Å². The fourth-order valence-corrected chi connectivity index (χ4v) is 2.49. The Kier molecular flexibility index (Phi) is 7.11. The van der Waals surface area contributed by atoms with Gasteiger partial charge in [0.15, 0.2) is 5.78 Å². The average Bonchev–Trinajstić information content (AvgIpc) is 2.62. The van der Waals surface area contributed by atoms with Crippen LogP contribution < -0.4 is 4.74 Å². The monoisotopic (exact) mass is 320 g/mol. The van der Waals surface area contributed by atoms with E-state index in [4.69, 9.17) is 4.74 Å². The van der Waals surface area contributed by atoms with Gasteiger partial charge in [0, 0.05) is 24.0 Å². The van der Waals surface area contributed by atoms with Crippen molar-refractivity contribution in [3.8, 4) is 17.6 Å². The molecule has 0 aliphatic carbocycles. The Bertz CT molecular complexity index is 721. The van der Waals surface area contributed by atoms with Crippen molar-refractivity contribution in [1.82, 2.24) is 0 Å². The van der Waals surface area contributed by atoms with E-state index in [0.717, 1.165) is 29.7 Å². The molecule has 0 saturated carbocycles. The quantitative estimate of drug-likeness (QED) is 0.405. The van der Waals surface area contributed by atoms with Gasteiger partial charge >= 0.3 is 0 Å². The molecule has 0 radical (unpaired) electrons. The largest absolute Gasteiger partial charge is 0.497 e. The number of Topliss-reactive ketones (excluding diaryl/α,β-unsaturated/α-hetero) is 1. The van der Waals surface area contributed by atoms with Crippen molar-refractivity contribution in [2.75, 3.05) is 7.11 Å². The minimum atomic E-state index is 0.0849. The molecule has 0 spiro atoms. The summed E-state index contributed by atoms with van der Waals surface area (Å²) in [5.41, 5.74) is 2.44. The van der Waals surface area contributed by atoms with E-state index in [2.05, 4.69) is 18.8 Å². The van der Waals surface area contributed by atoms with Gasteiger partial charge in [-0.05, 0) is 30.2 Å². The number of rotatable bonds is 7. The first-order valence-corrected chi connectivity index (χ1v) is 8.48. The Hall–Kier alpha value is -2.53. The van der Waals surface area contributed by atoms with Gasteiger partial charge in [0.25, 0.3) is 0 Å². The molecule has 0 aromatic heterocycles. The summed E-state index contributed by atoms with van der Waals surface area (Å²) in [6.07, 6.45) is 4.71. The summed E-state index contributed by atoms with van der Waals surface area (Å²) < 4.78 is 5.27. The number of ketones is 1. The zero-order chi connectivity index (χ0) is 17.2. The summed E-state index contributed by atoms with van der Waals surface area (Å²) in [4.78, 5) is 12.7. The van der Waals surface area contributed by atoms with Crippen LogP contribution in [0.2, 0.25) is 0 Å². The van der Waals surface area contributed by atoms with Crippen molar-refractivity contribution < 1.29 is 9.53 Å². The predicted octanol–water partition coefficient (Wildman–Crippen LogP) is 5.05. The van der Waals surface area contributed by atoms with Gasteiger partial charge in [-0.2, -0.15) is 0 Å². The van der Waals surface area contributed by atoms with E-state index in [1.165, 1.54) is 12.8 Å². The number of hydrogen-bond donors (Lipinski definition) is 0. The van der Waals surface area contributed by atoms with E-state index in [0.29, 0.717) is 12.0 Å². The van der Waals surface area contributed by atoms with Gasteiger partial charge < -0.3 is 4.74 Å². The number of ether oxygens (including phenoxy) is 1. The third-order valence-corrected chi connectivity index (χ3v) is 3.86. The molecule has 0 aliphatic heterocycles. The van der Waals surface area contributed by atoms with Crippen LogP contribution in [-0.4, -0.2) is 12.9 Å². The highest BCUT2D eigenvalue weighted by Crippen LogP contribution is 2.19. The zero-order valence-electron chi connectivity index (χ0n) is 14.5. The third-order valence-electron chi connectivity index (χ3n) is 3.86. The van der Waals surface area contributed by atoms with E-state index in [9.17, 15) is 4.79 Å². The lowest BCUT2D eigenvalue weighted by Gasteiger charge is -2.07. The molecular weight excluding hydrogens is 296 g/mol. The van der Waals surface area contributed by atoms with Crippen LogP contribution >= 0.6 is 0 Å². The molecule has 2 aromatic carbocycles. The minimum Gasteiger partial charge on any atom is -0.497 e. The second-order valence-electron chi connectivity index (χ2n) is 5.76. The van der Waals surface area contributed by atoms with Gasteiger partial charge in [-0.15, -0.1) is 0 Å². The number of benzene rings is 2. The second-order valence-corrected chi connectivity index (χ2v) is 5.76. The Labute approximate surface area is 144 Å². The highest BCUT2D eigenvalue weighted by Gasteiger charge is 2.12. The van der Waals surface area contributed by atoms with Gasteiger partial charge in [0.05, 0.1) is 7.11 Å². The Morgan fingerprint density at radius 1 is 1.08 bits per heavy atom. The minimum absolute atomic E-state index is 0.0849. The van der Waals surface area contributed by atoms with Crippen LogP contribution in [-0.2, 0) is 6.42 Å². The topological polar surface area (TPSA) is 26.3 Å². The van der Waals surface area contributed by atoms with Crippen molar-refractivity contribution in [3.05, 3.63) is 65.2 Å². The molecule has 124 valence electrons. The average molecular weight is 320 g/mol. The van der Waals surface area contributed by atoms with Gasteiger partial charge in [-0.25, -0.2) is 0 Å². The fraction of sp³-hybridized carbons (Fsp3) is 0.318. The molecule has 2 aromatic rings. The lowest BCUT2D eigenvalue weighted by Crippen LogP contribution is -2.06. The van der Waals surface area contributed by atoms with Crippen molar-refractivity contribution in [3.63, 3.8) is 0 Å². The predicted molar refractivity (Wildman–Crippen MR) is 98.5 cm³/mol. The van der Waals surface area contributed by atoms with Crippen LogP contribution in [0.3, 0.4) is 0 Å². The summed E-state index contributed by atoms with van der Waals surface area (Å²) in [5, 5.41) is 0. The van der Waals surface area contributed by atoms with E-state index in [1.54, 1.807) is 7.11 Å². The molecule has 2 nitrogen and oxygen atoms in total.